The van der Waals surface area contributed by atoms with Gasteiger partial charge in [0.25, 0.3) is 0 Å². The first-order valence-corrected chi connectivity index (χ1v) is 6.55. The van der Waals surface area contributed by atoms with E-state index in [1.807, 2.05) is 19.9 Å². The molecule has 0 aliphatic carbocycles. The van der Waals surface area contributed by atoms with Crippen LogP contribution in [0.1, 0.15) is 27.0 Å². The lowest BCUT2D eigenvalue weighted by molar-refractivity contribution is 0.0990. The molecule has 2 aromatic carbocycles. The number of Topliss-reactive ketones (excluding diaryl/α,β-unsaturated/α-hetero) is 1. The van der Waals surface area contributed by atoms with Crippen molar-refractivity contribution in [1.29, 1.82) is 0 Å². The maximum absolute atomic E-state index is 13.2. The Labute approximate surface area is 122 Å². The normalized spacial score (nSPS) is 10.5. The first-order valence-electron chi connectivity index (χ1n) is 6.55. The third kappa shape index (κ3) is 3.10. The van der Waals surface area contributed by atoms with Crippen molar-refractivity contribution in [2.24, 2.45) is 0 Å². The molecule has 2 rings (SSSR count). The maximum atomic E-state index is 13.2. The second kappa shape index (κ2) is 6.04. The Bertz CT molecular complexity index is 693. The molecule has 0 saturated heterocycles. The zero-order valence-corrected chi connectivity index (χ0v) is 12.2. The highest BCUT2D eigenvalue weighted by Crippen LogP contribution is 2.27. The fourth-order valence-corrected chi connectivity index (χ4v) is 2.20. The summed E-state index contributed by atoms with van der Waals surface area (Å²) in [6, 6.07) is 7.01. The average Bonchev–Trinajstić information content (AvgIpc) is 2.45. The van der Waals surface area contributed by atoms with Gasteiger partial charge in [0.05, 0.1) is 12.7 Å². The Kier molecular flexibility index (Phi) is 4.36. The summed E-state index contributed by atoms with van der Waals surface area (Å²) in [4.78, 5) is 12.4. The molecule has 0 aromatic heterocycles. The molecule has 0 atom stereocenters. The molecule has 0 aliphatic heterocycles. The predicted molar refractivity (Wildman–Crippen MR) is 76.9 cm³/mol. The van der Waals surface area contributed by atoms with Gasteiger partial charge in [-0.05, 0) is 48.7 Å². The van der Waals surface area contributed by atoms with E-state index < -0.39 is 11.6 Å². The van der Waals surface area contributed by atoms with E-state index in [0.29, 0.717) is 16.9 Å². The smallest absolute Gasteiger partial charge is 0.170 e. The predicted octanol–water partition coefficient (Wildman–Crippen LogP) is 4.02. The van der Waals surface area contributed by atoms with Gasteiger partial charge in [0.1, 0.15) is 5.75 Å². The van der Waals surface area contributed by atoms with Crippen LogP contribution in [0.4, 0.5) is 8.78 Å². The molecule has 0 fully saturated rings. The summed E-state index contributed by atoms with van der Waals surface area (Å²) in [6.45, 7) is 3.81. The van der Waals surface area contributed by atoms with E-state index in [1.54, 1.807) is 6.07 Å². The number of hydrogen-bond acceptors (Lipinski definition) is 2. The van der Waals surface area contributed by atoms with Crippen LogP contribution in [0.15, 0.2) is 30.3 Å². The van der Waals surface area contributed by atoms with Gasteiger partial charge in [0.2, 0.25) is 0 Å². The fraction of sp³-hybridized carbons (Fsp3) is 0.235. The van der Waals surface area contributed by atoms with E-state index in [-0.39, 0.29) is 12.2 Å². The third-order valence-electron chi connectivity index (χ3n) is 3.53. The van der Waals surface area contributed by atoms with Gasteiger partial charge >= 0.3 is 0 Å². The van der Waals surface area contributed by atoms with Crippen molar-refractivity contribution in [1.82, 2.24) is 0 Å². The molecule has 0 heterocycles. The number of rotatable bonds is 4. The molecule has 2 nitrogen and oxygen atoms in total. The van der Waals surface area contributed by atoms with Crippen molar-refractivity contribution in [3.63, 3.8) is 0 Å². The molecule has 0 spiro atoms. The standard InChI is InChI=1S/C17H16F2O2/c1-10-4-6-13(17(21-3)11(10)2)16(20)9-12-5-7-14(18)15(19)8-12/h4-8H,9H2,1-3H3. The summed E-state index contributed by atoms with van der Waals surface area (Å²) < 4.78 is 31.4. The van der Waals surface area contributed by atoms with E-state index in [9.17, 15) is 13.6 Å². The molecule has 0 saturated carbocycles. The molecule has 21 heavy (non-hydrogen) atoms. The SMILES string of the molecule is COc1c(C(=O)Cc2ccc(F)c(F)c2)ccc(C)c1C. The maximum Gasteiger partial charge on any atom is 0.170 e. The van der Waals surface area contributed by atoms with Crippen LogP contribution in [0.3, 0.4) is 0 Å². The van der Waals surface area contributed by atoms with E-state index in [1.165, 1.54) is 13.2 Å². The summed E-state index contributed by atoms with van der Waals surface area (Å²) in [5.41, 5.74) is 2.80. The molecule has 0 N–H and O–H groups in total. The van der Waals surface area contributed by atoms with Crippen LogP contribution in [0.25, 0.3) is 0 Å². The molecule has 0 radical (unpaired) electrons. The van der Waals surface area contributed by atoms with Crippen molar-refractivity contribution >= 4 is 5.78 Å². The van der Waals surface area contributed by atoms with Crippen molar-refractivity contribution in [2.45, 2.75) is 20.3 Å². The fourth-order valence-electron chi connectivity index (χ4n) is 2.20. The number of benzene rings is 2. The van der Waals surface area contributed by atoms with Crippen molar-refractivity contribution < 1.29 is 18.3 Å². The number of halogens is 2. The van der Waals surface area contributed by atoms with Gasteiger partial charge in [0.15, 0.2) is 17.4 Å². The average molecular weight is 290 g/mol. The molecule has 110 valence electrons. The Morgan fingerprint density at radius 2 is 1.81 bits per heavy atom. The lowest BCUT2D eigenvalue weighted by Gasteiger charge is -2.12. The van der Waals surface area contributed by atoms with Gasteiger partial charge in [-0.25, -0.2) is 8.78 Å². The quantitative estimate of drug-likeness (QED) is 0.795. The number of ketones is 1. The molecule has 0 amide bonds. The molecule has 4 heteroatoms. The van der Waals surface area contributed by atoms with Crippen LogP contribution in [-0.4, -0.2) is 12.9 Å². The highest BCUT2D eigenvalue weighted by molar-refractivity contribution is 6.00. The zero-order chi connectivity index (χ0) is 15.6. The van der Waals surface area contributed by atoms with Crippen LogP contribution in [0.5, 0.6) is 5.75 Å². The molecule has 0 unspecified atom stereocenters. The highest BCUT2D eigenvalue weighted by Gasteiger charge is 2.16. The lowest BCUT2D eigenvalue weighted by atomic mass is 9.98. The molecule has 2 aromatic rings. The number of hydrogen-bond donors (Lipinski definition) is 0. The first kappa shape index (κ1) is 15.2. The Morgan fingerprint density at radius 3 is 2.43 bits per heavy atom. The minimum Gasteiger partial charge on any atom is -0.496 e. The number of aryl methyl sites for hydroxylation is 1. The molecular weight excluding hydrogens is 274 g/mol. The van der Waals surface area contributed by atoms with E-state index in [4.69, 9.17) is 4.74 Å². The number of carbonyl (C=O) groups excluding carboxylic acids is 1. The highest BCUT2D eigenvalue weighted by atomic mass is 19.2. The Hall–Kier alpha value is -2.23. The molecular formula is C17H16F2O2. The van der Waals surface area contributed by atoms with Gasteiger partial charge in [0, 0.05) is 6.42 Å². The van der Waals surface area contributed by atoms with Gasteiger partial charge in [-0.2, -0.15) is 0 Å². The van der Waals surface area contributed by atoms with Crippen LogP contribution < -0.4 is 4.74 Å². The first-order chi connectivity index (χ1) is 9.93. The second-order valence-electron chi connectivity index (χ2n) is 4.94. The number of carbonyl (C=O) groups is 1. The minimum absolute atomic E-state index is 0.00391. The van der Waals surface area contributed by atoms with Crippen LogP contribution >= 0.6 is 0 Å². The Balaban J connectivity index is 2.32. The molecule has 0 bridgehead atoms. The summed E-state index contributed by atoms with van der Waals surface area (Å²) in [5.74, 6) is -1.54. The summed E-state index contributed by atoms with van der Waals surface area (Å²) >= 11 is 0. The van der Waals surface area contributed by atoms with Gasteiger partial charge in [-0.3, -0.25) is 4.79 Å². The van der Waals surface area contributed by atoms with Crippen LogP contribution in [-0.2, 0) is 6.42 Å². The van der Waals surface area contributed by atoms with Gasteiger partial charge < -0.3 is 4.74 Å². The van der Waals surface area contributed by atoms with Gasteiger partial charge in [-0.1, -0.05) is 12.1 Å². The summed E-state index contributed by atoms with van der Waals surface area (Å²) in [5, 5.41) is 0. The zero-order valence-electron chi connectivity index (χ0n) is 12.2. The topological polar surface area (TPSA) is 26.3 Å². The minimum atomic E-state index is -0.952. The number of ether oxygens (including phenoxy) is 1. The van der Waals surface area contributed by atoms with E-state index >= 15 is 0 Å². The second-order valence-corrected chi connectivity index (χ2v) is 4.94. The largest absolute Gasteiger partial charge is 0.496 e. The van der Waals surface area contributed by atoms with Crippen molar-refractivity contribution in [3.05, 3.63) is 64.2 Å². The van der Waals surface area contributed by atoms with Crippen LogP contribution in [0.2, 0.25) is 0 Å². The third-order valence-corrected chi connectivity index (χ3v) is 3.53. The number of methoxy groups -OCH3 is 1. The molecule has 0 aliphatic rings. The Morgan fingerprint density at radius 1 is 1.10 bits per heavy atom. The van der Waals surface area contributed by atoms with E-state index in [2.05, 4.69) is 0 Å². The van der Waals surface area contributed by atoms with Crippen LogP contribution in [0, 0.1) is 25.5 Å². The van der Waals surface area contributed by atoms with Crippen molar-refractivity contribution in [3.8, 4) is 5.75 Å². The van der Waals surface area contributed by atoms with E-state index in [0.717, 1.165) is 23.3 Å². The summed E-state index contributed by atoms with van der Waals surface area (Å²) in [6.07, 6.45) is -0.00391. The lowest BCUT2D eigenvalue weighted by Crippen LogP contribution is -2.08. The van der Waals surface area contributed by atoms with Crippen molar-refractivity contribution in [2.75, 3.05) is 7.11 Å². The van der Waals surface area contributed by atoms with Gasteiger partial charge in [-0.15, -0.1) is 0 Å². The summed E-state index contributed by atoms with van der Waals surface area (Å²) in [7, 11) is 1.51. The monoisotopic (exact) mass is 290 g/mol.